The lowest BCUT2D eigenvalue weighted by atomic mass is 10.0. The molecule has 6 heteroatoms. The van der Waals surface area contributed by atoms with Crippen LogP contribution in [0.15, 0.2) is 146 Å². The Kier molecular flexibility index (Phi) is 59.9. The Morgan fingerprint density at radius 2 is 0.584 bits per heavy atom. The topological polar surface area (TPSA) is 78.9 Å². The first-order valence-electron chi connectivity index (χ1n) is 31.3. The Morgan fingerprint density at radius 3 is 0.961 bits per heavy atom. The Labute approximate surface area is 474 Å². The van der Waals surface area contributed by atoms with E-state index >= 15 is 0 Å². The standard InChI is InChI=1S/C71H114O6/c1-4-7-10-13-16-19-22-25-28-30-32-33-34-35-36-37-39-40-43-46-49-52-55-58-61-64-70(73)76-67-68(66-75-69(72)63-60-57-54-51-48-45-42-27-24-21-18-15-12-9-6-3)77-71(74)65-62-59-56-53-50-47-44-41-38-31-29-26-23-20-17-14-11-8-5-2/h8-9,11-12,17-18,20-21,26-27,29-30,32,38,41-42,47-48,50-51,56-57,59-60,68H,4-7,10,13-16,19,22-25,28,31,33-37,39-40,43-46,49,52-55,58,61-67H2,1-3H3/b11-8-,12-9-,20-17-,21-18-,29-26-,32-30-,41-38-,42-27-,50-47-,51-48-,59-56-,60-57-. The van der Waals surface area contributed by atoms with E-state index in [1.807, 2.05) is 18.2 Å². The summed E-state index contributed by atoms with van der Waals surface area (Å²) in [6.07, 6.45) is 91.8. The van der Waals surface area contributed by atoms with E-state index in [-0.39, 0.29) is 32.0 Å². The second kappa shape index (κ2) is 63.8. The summed E-state index contributed by atoms with van der Waals surface area (Å²) in [5.41, 5.74) is 0. The highest BCUT2D eigenvalue weighted by molar-refractivity contribution is 5.72. The van der Waals surface area contributed by atoms with Gasteiger partial charge in [-0.1, -0.05) is 282 Å². The van der Waals surface area contributed by atoms with Crippen LogP contribution in [0.25, 0.3) is 0 Å². The maximum atomic E-state index is 12.9. The van der Waals surface area contributed by atoms with E-state index in [4.69, 9.17) is 14.2 Å². The lowest BCUT2D eigenvalue weighted by Gasteiger charge is -2.18. The fourth-order valence-electron chi connectivity index (χ4n) is 8.24. The van der Waals surface area contributed by atoms with Crippen molar-refractivity contribution >= 4 is 17.9 Å². The Morgan fingerprint density at radius 1 is 0.286 bits per heavy atom. The minimum absolute atomic E-state index is 0.106. The maximum Gasteiger partial charge on any atom is 0.309 e. The number of esters is 3. The van der Waals surface area contributed by atoms with Crippen LogP contribution in [-0.2, 0) is 28.6 Å². The van der Waals surface area contributed by atoms with Crippen LogP contribution >= 0.6 is 0 Å². The molecule has 0 rings (SSSR count). The van der Waals surface area contributed by atoms with Crippen LogP contribution in [0.3, 0.4) is 0 Å². The summed E-state index contributed by atoms with van der Waals surface area (Å²) in [5.74, 6) is -1.16. The van der Waals surface area contributed by atoms with Crippen molar-refractivity contribution < 1.29 is 28.6 Å². The van der Waals surface area contributed by atoms with Crippen LogP contribution in [0.4, 0.5) is 0 Å². The molecule has 0 bridgehead atoms. The number of rotatable bonds is 55. The largest absolute Gasteiger partial charge is 0.462 e. The zero-order valence-electron chi connectivity index (χ0n) is 49.7. The lowest BCUT2D eigenvalue weighted by molar-refractivity contribution is -0.166. The zero-order valence-corrected chi connectivity index (χ0v) is 49.7. The number of carbonyl (C=O) groups excluding carboxylic acids is 3. The van der Waals surface area contributed by atoms with Gasteiger partial charge in [0.2, 0.25) is 0 Å². The molecule has 6 nitrogen and oxygen atoms in total. The molecule has 0 radical (unpaired) electrons. The van der Waals surface area contributed by atoms with E-state index in [9.17, 15) is 14.4 Å². The van der Waals surface area contributed by atoms with Gasteiger partial charge in [-0.15, -0.1) is 0 Å². The molecule has 434 valence electrons. The van der Waals surface area contributed by atoms with Gasteiger partial charge in [-0.2, -0.15) is 0 Å². The van der Waals surface area contributed by atoms with Crippen molar-refractivity contribution in [1.82, 2.24) is 0 Å². The van der Waals surface area contributed by atoms with Gasteiger partial charge in [0.1, 0.15) is 13.2 Å². The van der Waals surface area contributed by atoms with E-state index in [2.05, 4.69) is 142 Å². The van der Waals surface area contributed by atoms with Crippen LogP contribution in [0.1, 0.15) is 265 Å². The van der Waals surface area contributed by atoms with Crippen LogP contribution < -0.4 is 0 Å². The minimum Gasteiger partial charge on any atom is -0.462 e. The van der Waals surface area contributed by atoms with Gasteiger partial charge in [0.15, 0.2) is 6.10 Å². The first-order valence-corrected chi connectivity index (χ1v) is 31.3. The first-order chi connectivity index (χ1) is 38.0. The molecule has 0 saturated carbocycles. The molecule has 0 aliphatic rings. The number of hydrogen-bond donors (Lipinski definition) is 0. The van der Waals surface area contributed by atoms with Gasteiger partial charge >= 0.3 is 17.9 Å². The van der Waals surface area contributed by atoms with E-state index in [0.717, 1.165) is 89.9 Å². The van der Waals surface area contributed by atoms with Gasteiger partial charge in [-0.05, 0) is 109 Å². The molecule has 0 spiro atoms. The third kappa shape index (κ3) is 62.0. The normalized spacial score (nSPS) is 13.1. The van der Waals surface area contributed by atoms with Crippen LogP contribution in [0.5, 0.6) is 0 Å². The predicted molar refractivity (Wildman–Crippen MR) is 334 cm³/mol. The quantitative estimate of drug-likeness (QED) is 0.0261. The Balaban J connectivity index is 4.50. The van der Waals surface area contributed by atoms with E-state index in [1.54, 1.807) is 6.08 Å². The van der Waals surface area contributed by atoms with Crippen molar-refractivity contribution in [3.8, 4) is 0 Å². The van der Waals surface area contributed by atoms with E-state index < -0.39 is 18.0 Å². The van der Waals surface area contributed by atoms with Crippen LogP contribution in [0.2, 0.25) is 0 Å². The molecule has 0 N–H and O–H groups in total. The Bertz CT molecular complexity index is 1700. The van der Waals surface area contributed by atoms with Crippen molar-refractivity contribution in [2.75, 3.05) is 13.2 Å². The summed E-state index contributed by atoms with van der Waals surface area (Å²) >= 11 is 0. The van der Waals surface area contributed by atoms with Gasteiger partial charge in [0, 0.05) is 12.8 Å². The first kappa shape index (κ1) is 72.3. The molecule has 0 aromatic rings. The smallest absolute Gasteiger partial charge is 0.309 e. The van der Waals surface area contributed by atoms with Crippen molar-refractivity contribution in [3.05, 3.63) is 146 Å². The molecule has 1 atom stereocenters. The zero-order chi connectivity index (χ0) is 55.7. The SMILES string of the molecule is CC/C=C\C/C=C\C/C=C\C/C=C\C/C=C\C/C=C\CCC(=O)OC(COC(=O)C/C=C\C/C=C\C/C=C\C/C=C\C/C=C\CC)COC(=O)CCCCCCCCCCCCCCC/C=C\CCCCCCCCCC. The lowest BCUT2D eigenvalue weighted by Crippen LogP contribution is -2.30. The number of unbranched alkanes of at least 4 members (excludes halogenated alkanes) is 21. The number of ether oxygens (including phenoxy) is 3. The highest BCUT2D eigenvalue weighted by atomic mass is 16.6. The number of hydrogen-bond acceptors (Lipinski definition) is 6. The molecule has 0 aromatic heterocycles. The third-order valence-electron chi connectivity index (χ3n) is 12.9. The fourth-order valence-corrected chi connectivity index (χ4v) is 8.24. The summed E-state index contributed by atoms with van der Waals surface area (Å²) in [6.45, 7) is 6.27. The summed E-state index contributed by atoms with van der Waals surface area (Å²) < 4.78 is 16.7. The average molecular weight is 1060 g/mol. The van der Waals surface area contributed by atoms with Crippen molar-refractivity contribution in [2.24, 2.45) is 0 Å². The number of carbonyl (C=O) groups is 3. The molecule has 0 saturated heterocycles. The molecule has 0 aliphatic heterocycles. The number of allylic oxidation sites excluding steroid dienone is 23. The van der Waals surface area contributed by atoms with Gasteiger partial charge in [-0.3, -0.25) is 14.4 Å². The summed E-state index contributed by atoms with van der Waals surface area (Å²) in [4.78, 5) is 38.2. The molecule has 0 aromatic carbocycles. The molecule has 77 heavy (non-hydrogen) atoms. The predicted octanol–water partition coefficient (Wildman–Crippen LogP) is 21.5. The molecular weight excluding hydrogens is 949 g/mol. The summed E-state index contributed by atoms with van der Waals surface area (Å²) in [5, 5.41) is 0. The highest BCUT2D eigenvalue weighted by Crippen LogP contribution is 2.15. The molecule has 0 aliphatic carbocycles. The average Bonchev–Trinajstić information content (AvgIpc) is 3.43. The van der Waals surface area contributed by atoms with Gasteiger partial charge in [0.25, 0.3) is 0 Å². The van der Waals surface area contributed by atoms with Crippen LogP contribution in [0, 0.1) is 0 Å². The summed E-state index contributed by atoms with van der Waals surface area (Å²) in [6, 6.07) is 0. The van der Waals surface area contributed by atoms with Crippen molar-refractivity contribution in [2.45, 2.75) is 271 Å². The second-order valence-corrected chi connectivity index (χ2v) is 20.2. The van der Waals surface area contributed by atoms with Crippen LogP contribution in [-0.4, -0.2) is 37.2 Å². The Hall–Kier alpha value is -4.71. The molecule has 0 heterocycles. The highest BCUT2D eigenvalue weighted by Gasteiger charge is 2.19. The van der Waals surface area contributed by atoms with Crippen molar-refractivity contribution in [1.29, 1.82) is 0 Å². The van der Waals surface area contributed by atoms with Gasteiger partial charge in [-0.25, -0.2) is 0 Å². The van der Waals surface area contributed by atoms with Crippen molar-refractivity contribution in [3.63, 3.8) is 0 Å². The monoisotopic (exact) mass is 1060 g/mol. The molecular formula is C71H114O6. The maximum absolute atomic E-state index is 12.9. The third-order valence-corrected chi connectivity index (χ3v) is 12.9. The second-order valence-electron chi connectivity index (χ2n) is 20.2. The van der Waals surface area contributed by atoms with Gasteiger partial charge < -0.3 is 14.2 Å². The molecule has 0 amide bonds. The molecule has 1 unspecified atom stereocenters. The fraction of sp³-hybridized carbons (Fsp3) is 0.620. The summed E-state index contributed by atoms with van der Waals surface area (Å²) in [7, 11) is 0. The van der Waals surface area contributed by atoms with E-state index in [1.165, 1.54) is 128 Å². The molecule has 0 fully saturated rings. The van der Waals surface area contributed by atoms with Gasteiger partial charge in [0.05, 0.1) is 6.42 Å². The van der Waals surface area contributed by atoms with E-state index in [0.29, 0.717) is 12.8 Å². The minimum atomic E-state index is -0.865.